The molecule has 1 aliphatic carbocycles. The summed E-state index contributed by atoms with van der Waals surface area (Å²) in [7, 11) is 0. The number of unbranched alkanes of at least 4 members (excludes halogenated alkanes) is 6. The van der Waals surface area contributed by atoms with E-state index in [1.54, 1.807) is 0 Å². The molecule has 3 heteroatoms. The van der Waals surface area contributed by atoms with Crippen LogP contribution in [0, 0.1) is 11.8 Å². The number of aliphatic hydroxyl groups is 1. The molecule has 0 aliphatic heterocycles. The van der Waals surface area contributed by atoms with Gasteiger partial charge >= 0.3 is 5.97 Å². The highest BCUT2D eigenvalue weighted by Gasteiger charge is 2.24. The summed E-state index contributed by atoms with van der Waals surface area (Å²) >= 11 is 0. The van der Waals surface area contributed by atoms with Crippen molar-refractivity contribution in [2.75, 3.05) is 0 Å². The predicted octanol–water partition coefficient (Wildman–Crippen LogP) is 5.33. The number of carbonyl (C=O) groups is 1. The molecular weight excluding hydrogens is 288 g/mol. The number of carboxylic acid groups (broad SMARTS) is 1. The molecule has 0 aromatic carbocycles. The first-order valence-corrected chi connectivity index (χ1v) is 9.72. The van der Waals surface area contributed by atoms with Crippen LogP contribution in [-0.2, 0) is 4.79 Å². The van der Waals surface area contributed by atoms with Gasteiger partial charge in [-0.05, 0) is 50.4 Å². The monoisotopic (exact) mass is 324 g/mol. The zero-order chi connectivity index (χ0) is 16.9. The fourth-order valence-corrected chi connectivity index (χ4v) is 3.68. The summed E-state index contributed by atoms with van der Waals surface area (Å²) in [4.78, 5) is 10.5. The van der Waals surface area contributed by atoms with Crippen LogP contribution in [0.25, 0.3) is 0 Å². The standard InChI is InChI=1S/C20H36O3/c1-2-3-4-5-6-8-12-17-14-11-15-18(17)13-9-7-10-16-19(21)20(22)23/h8,12,17-19,21H,2-7,9-11,13-16H2,1H3,(H,22,23)/t17-,18-,19?/m0/s1. The lowest BCUT2D eigenvalue weighted by Crippen LogP contribution is -2.18. The Morgan fingerprint density at radius 1 is 1.13 bits per heavy atom. The van der Waals surface area contributed by atoms with Crippen LogP contribution in [0.15, 0.2) is 12.2 Å². The van der Waals surface area contributed by atoms with Crippen molar-refractivity contribution in [3.63, 3.8) is 0 Å². The first-order valence-electron chi connectivity index (χ1n) is 9.72. The van der Waals surface area contributed by atoms with Crippen molar-refractivity contribution >= 4 is 5.97 Å². The summed E-state index contributed by atoms with van der Waals surface area (Å²) in [6.45, 7) is 2.25. The smallest absolute Gasteiger partial charge is 0.332 e. The zero-order valence-electron chi connectivity index (χ0n) is 14.9. The molecule has 0 amide bonds. The number of allylic oxidation sites excluding steroid dienone is 2. The van der Waals surface area contributed by atoms with Gasteiger partial charge in [-0.2, -0.15) is 0 Å². The SMILES string of the molecule is CCCCCCC=C[C@H]1CCC[C@@H]1CCCCCC(O)C(=O)O. The number of carboxylic acids is 1. The van der Waals surface area contributed by atoms with E-state index in [1.165, 1.54) is 57.8 Å². The Bertz CT molecular complexity index is 338. The highest BCUT2D eigenvalue weighted by molar-refractivity contribution is 5.71. The van der Waals surface area contributed by atoms with E-state index in [1.807, 2.05) is 0 Å². The van der Waals surface area contributed by atoms with Crippen LogP contribution in [0.3, 0.4) is 0 Å². The molecule has 1 unspecified atom stereocenters. The summed E-state index contributed by atoms with van der Waals surface area (Å²) in [6.07, 6.45) is 19.0. The maximum atomic E-state index is 10.5. The second kappa shape index (κ2) is 12.6. The molecule has 134 valence electrons. The molecule has 2 N–H and O–H groups in total. The molecule has 0 aromatic heterocycles. The average Bonchev–Trinajstić information content (AvgIpc) is 2.97. The van der Waals surface area contributed by atoms with Gasteiger partial charge in [-0.15, -0.1) is 0 Å². The fraction of sp³-hybridized carbons (Fsp3) is 0.850. The molecule has 0 spiro atoms. The molecule has 0 heterocycles. The highest BCUT2D eigenvalue weighted by atomic mass is 16.4. The van der Waals surface area contributed by atoms with E-state index in [0.717, 1.165) is 31.1 Å². The molecule has 0 aromatic rings. The first-order chi connectivity index (χ1) is 11.1. The summed E-state index contributed by atoms with van der Waals surface area (Å²) in [5.74, 6) is 0.502. The van der Waals surface area contributed by atoms with Crippen LogP contribution in [0.4, 0.5) is 0 Å². The normalized spacial score (nSPS) is 22.7. The molecule has 3 nitrogen and oxygen atoms in total. The van der Waals surface area contributed by atoms with Gasteiger partial charge in [0.15, 0.2) is 6.10 Å². The molecule has 1 fully saturated rings. The van der Waals surface area contributed by atoms with Gasteiger partial charge < -0.3 is 10.2 Å². The molecule has 1 saturated carbocycles. The van der Waals surface area contributed by atoms with Crippen molar-refractivity contribution in [2.45, 2.75) is 96.5 Å². The van der Waals surface area contributed by atoms with E-state index in [4.69, 9.17) is 5.11 Å². The fourth-order valence-electron chi connectivity index (χ4n) is 3.68. The lowest BCUT2D eigenvalue weighted by molar-refractivity contribution is -0.146. The Labute approximate surface area is 142 Å². The number of rotatable bonds is 13. The third kappa shape index (κ3) is 9.14. The van der Waals surface area contributed by atoms with Gasteiger partial charge in [0.05, 0.1) is 0 Å². The van der Waals surface area contributed by atoms with Gasteiger partial charge in [-0.25, -0.2) is 4.79 Å². The molecule has 1 rings (SSSR count). The minimum atomic E-state index is -1.18. The van der Waals surface area contributed by atoms with Crippen molar-refractivity contribution in [1.29, 1.82) is 0 Å². The van der Waals surface area contributed by atoms with E-state index in [2.05, 4.69) is 19.1 Å². The second-order valence-corrected chi connectivity index (χ2v) is 7.12. The largest absolute Gasteiger partial charge is 0.479 e. The third-order valence-corrected chi connectivity index (χ3v) is 5.16. The van der Waals surface area contributed by atoms with Crippen LogP contribution < -0.4 is 0 Å². The van der Waals surface area contributed by atoms with Gasteiger partial charge in [0.2, 0.25) is 0 Å². The topological polar surface area (TPSA) is 57.5 Å². The lowest BCUT2D eigenvalue weighted by Gasteiger charge is -2.16. The number of hydrogen-bond acceptors (Lipinski definition) is 2. The third-order valence-electron chi connectivity index (χ3n) is 5.16. The molecule has 0 radical (unpaired) electrons. The maximum Gasteiger partial charge on any atom is 0.332 e. The predicted molar refractivity (Wildman–Crippen MR) is 95.5 cm³/mol. The summed E-state index contributed by atoms with van der Waals surface area (Å²) < 4.78 is 0. The van der Waals surface area contributed by atoms with Gasteiger partial charge in [-0.1, -0.05) is 64.0 Å². The molecule has 0 bridgehead atoms. The Kier molecular flexibility index (Phi) is 11.1. The van der Waals surface area contributed by atoms with Gasteiger partial charge in [0.25, 0.3) is 0 Å². The average molecular weight is 325 g/mol. The van der Waals surface area contributed by atoms with Crippen molar-refractivity contribution in [3.05, 3.63) is 12.2 Å². The van der Waals surface area contributed by atoms with Crippen molar-refractivity contribution in [2.24, 2.45) is 11.8 Å². The van der Waals surface area contributed by atoms with Crippen LogP contribution in [0.2, 0.25) is 0 Å². The van der Waals surface area contributed by atoms with Crippen molar-refractivity contribution in [1.82, 2.24) is 0 Å². The van der Waals surface area contributed by atoms with E-state index in [9.17, 15) is 9.90 Å². The minimum absolute atomic E-state index is 0.390. The zero-order valence-corrected chi connectivity index (χ0v) is 14.9. The van der Waals surface area contributed by atoms with E-state index < -0.39 is 12.1 Å². The lowest BCUT2D eigenvalue weighted by atomic mass is 9.90. The Morgan fingerprint density at radius 3 is 2.65 bits per heavy atom. The summed E-state index contributed by atoms with van der Waals surface area (Å²) in [5, 5.41) is 17.9. The van der Waals surface area contributed by atoms with Crippen molar-refractivity contribution in [3.8, 4) is 0 Å². The molecule has 0 saturated heterocycles. The minimum Gasteiger partial charge on any atom is -0.479 e. The molecule has 3 atom stereocenters. The van der Waals surface area contributed by atoms with Crippen LogP contribution in [0.5, 0.6) is 0 Å². The van der Waals surface area contributed by atoms with Gasteiger partial charge in [0.1, 0.15) is 0 Å². The maximum absolute atomic E-state index is 10.5. The van der Waals surface area contributed by atoms with Crippen LogP contribution in [-0.4, -0.2) is 22.3 Å². The van der Waals surface area contributed by atoms with Gasteiger partial charge in [0, 0.05) is 0 Å². The number of hydrogen-bond donors (Lipinski definition) is 2. The Morgan fingerprint density at radius 2 is 1.91 bits per heavy atom. The molecule has 23 heavy (non-hydrogen) atoms. The van der Waals surface area contributed by atoms with E-state index >= 15 is 0 Å². The van der Waals surface area contributed by atoms with E-state index in [-0.39, 0.29) is 0 Å². The van der Waals surface area contributed by atoms with Gasteiger partial charge in [-0.3, -0.25) is 0 Å². The quantitative estimate of drug-likeness (QED) is 0.356. The molecular formula is C20H36O3. The number of aliphatic carboxylic acids is 1. The highest BCUT2D eigenvalue weighted by Crippen LogP contribution is 2.36. The summed E-state index contributed by atoms with van der Waals surface area (Å²) in [5.41, 5.74) is 0. The van der Waals surface area contributed by atoms with E-state index in [0.29, 0.717) is 6.42 Å². The Hall–Kier alpha value is -0.830. The Balaban J connectivity index is 2.10. The van der Waals surface area contributed by atoms with Crippen molar-refractivity contribution < 1.29 is 15.0 Å². The summed E-state index contributed by atoms with van der Waals surface area (Å²) in [6, 6.07) is 0. The molecule has 1 aliphatic rings. The van der Waals surface area contributed by atoms with Crippen LogP contribution >= 0.6 is 0 Å². The second-order valence-electron chi connectivity index (χ2n) is 7.12. The number of aliphatic hydroxyl groups excluding tert-OH is 1. The van der Waals surface area contributed by atoms with Crippen LogP contribution in [0.1, 0.15) is 90.4 Å². The first kappa shape index (κ1) is 20.2.